The molecule has 1 heterocycles. The molecule has 24 heavy (non-hydrogen) atoms. The lowest BCUT2D eigenvalue weighted by Crippen LogP contribution is -2.34. The molecule has 0 aliphatic carbocycles. The largest absolute Gasteiger partial charge is 0.493 e. The Balaban J connectivity index is 2.06. The molecular formula is C18H24N2O3S. The Bertz CT molecular complexity index is 656. The minimum Gasteiger partial charge on any atom is -0.493 e. The normalized spacial score (nSPS) is 12.0. The zero-order valence-electron chi connectivity index (χ0n) is 14.5. The van der Waals surface area contributed by atoms with E-state index in [9.17, 15) is 4.79 Å². The Morgan fingerprint density at radius 3 is 2.67 bits per heavy atom. The number of thiophene rings is 1. The summed E-state index contributed by atoms with van der Waals surface area (Å²) in [5.41, 5.74) is 0.555. The fourth-order valence-corrected chi connectivity index (χ4v) is 3.32. The summed E-state index contributed by atoms with van der Waals surface area (Å²) in [5, 5.41) is 5.05. The number of hydrogen-bond acceptors (Lipinski definition) is 5. The number of nitrogens with zero attached hydrogens (tertiary/aromatic N) is 1. The summed E-state index contributed by atoms with van der Waals surface area (Å²) >= 11 is 1.69. The van der Waals surface area contributed by atoms with E-state index in [1.807, 2.05) is 32.5 Å². The van der Waals surface area contributed by atoms with Gasteiger partial charge in [-0.15, -0.1) is 11.3 Å². The van der Waals surface area contributed by atoms with E-state index in [-0.39, 0.29) is 11.9 Å². The average molecular weight is 348 g/mol. The molecule has 130 valence electrons. The average Bonchev–Trinajstić information content (AvgIpc) is 3.09. The number of nitrogens with one attached hydrogen (secondary N) is 1. The van der Waals surface area contributed by atoms with Crippen LogP contribution in [0.2, 0.25) is 0 Å². The highest BCUT2D eigenvalue weighted by atomic mass is 32.1. The van der Waals surface area contributed by atoms with Gasteiger partial charge in [0, 0.05) is 17.0 Å². The van der Waals surface area contributed by atoms with Gasteiger partial charge in [0.05, 0.1) is 19.8 Å². The van der Waals surface area contributed by atoms with Crippen molar-refractivity contribution in [2.75, 3.05) is 34.4 Å². The second kappa shape index (κ2) is 8.70. The van der Waals surface area contributed by atoms with Crippen LogP contribution in [-0.2, 0) is 0 Å². The summed E-state index contributed by atoms with van der Waals surface area (Å²) < 4.78 is 10.8. The van der Waals surface area contributed by atoms with Crippen molar-refractivity contribution in [2.24, 2.45) is 0 Å². The van der Waals surface area contributed by atoms with Gasteiger partial charge >= 0.3 is 0 Å². The lowest BCUT2D eigenvalue weighted by atomic mass is 10.1. The maximum Gasteiger partial charge on any atom is 0.251 e. The molecule has 0 aliphatic heterocycles. The van der Waals surface area contributed by atoms with Crippen molar-refractivity contribution >= 4 is 17.2 Å². The van der Waals surface area contributed by atoms with E-state index in [4.69, 9.17) is 9.47 Å². The van der Waals surface area contributed by atoms with Crippen molar-refractivity contribution in [3.8, 4) is 11.5 Å². The Labute approximate surface area is 147 Å². The Morgan fingerprint density at radius 1 is 1.29 bits per heavy atom. The summed E-state index contributed by atoms with van der Waals surface area (Å²) in [6.07, 6.45) is 0. The molecule has 1 aromatic heterocycles. The van der Waals surface area contributed by atoms with E-state index in [1.165, 1.54) is 4.88 Å². The van der Waals surface area contributed by atoms with Crippen LogP contribution in [0.5, 0.6) is 11.5 Å². The molecule has 2 rings (SSSR count). The van der Waals surface area contributed by atoms with Gasteiger partial charge in [-0.05, 0) is 50.7 Å². The van der Waals surface area contributed by atoms with Gasteiger partial charge in [-0.3, -0.25) is 4.79 Å². The summed E-state index contributed by atoms with van der Waals surface area (Å²) in [5.74, 6) is 1.08. The first-order valence-corrected chi connectivity index (χ1v) is 8.73. The van der Waals surface area contributed by atoms with Crippen molar-refractivity contribution in [1.29, 1.82) is 0 Å². The zero-order valence-corrected chi connectivity index (χ0v) is 15.4. The van der Waals surface area contributed by atoms with Gasteiger partial charge in [-0.2, -0.15) is 0 Å². The molecule has 1 unspecified atom stereocenters. The van der Waals surface area contributed by atoms with Gasteiger partial charge in [0.25, 0.3) is 5.91 Å². The van der Waals surface area contributed by atoms with Crippen LogP contribution in [0.1, 0.15) is 28.2 Å². The summed E-state index contributed by atoms with van der Waals surface area (Å²) in [7, 11) is 5.59. The van der Waals surface area contributed by atoms with Crippen LogP contribution in [0.4, 0.5) is 0 Å². The van der Waals surface area contributed by atoms with Gasteiger partial charge < -0.3 is 19.7 Å². The molecule has 1 N–H and O–H groups in total. The highest BCUT2D eigenvalue weighted by molar-refractivity contribution is 7.10. The standard InChI is InChI=1S/C18H24N2O3S/c1-5-23-15-9-8-13(11-16(15)22-4)18(21)19-12-14(20(2)3)17-7-6-10-24-17/h6-11,14H,5,12H2,1-4H3,(H,19,21). The van der Waals surface area contributed by atoms with Crippen LogP contribution in [-0.4, -0.2) is 45.2 Å². The molecule has 0 saturated heterocycles. The van der Waals surface area contributed by atoms with Crippen LogP contribution in [0, 0.1) is 0 Å². The second-order valence-electron chi connectivity index (χ2n) is 5.50. The third kappa shape index (κ3) is 4.49. The molecule has 0 aliphatic rings. The summed E-state index contributed by atoms with van der Waals surface area (Å²) in [6, 6.07) is 9.48. The summed E-state index contributed by atoms with van der Waals surface area (Å²) in [4.78, 5) is 15.8. The van der Waals surface area contributed by atoms with E-state index in [2.05, 4.69) is 16.3 Å². The molecule has 2 aromatic rings. The molecule has 0 fully saturated rings. The fourth-order valence-electron chi connectivity index (χ4n) is 2.39. The maximum atomic E-state index is 12.5. The monoisotopic (exact) mass is 348 g/mol. The lowest BCUT2D eigenvalue weighted by molar-refractivity contribution is 0.0942. The van der Waals surface area contributed by atoms with Gasteiger partial charge in [0.1, 0.15) is 0 Å². The third-order valence-electron chi connectivity index (χ3n) is 3.68. The van der Waals surface area contributed by atoms with Gasteiger partial charge in [0.2, 0.25) is 0 Å². The topological polar surface area (TPSA) is 50.8 Å². The summed E-state index contributed by atoms with van der Waals surface area (Å²) in [6.45, 7) is 3.00. The number of amides is 1. The van der Waals surface area contributed by atoms with E-state index < -0.39 is 0 Å². The maximum absolute atomic E-state index is 12.5. The second-order valence-corrected chi connectivity index (χ2v) is 6.48. The van der Waals surface area contributed by atoms with E-state index in [1.54, 1.807) is 36.6 Å². The molecule has 0 saturated carbocycles. The number of carbonyl (C=O) groups is 1. The number of likely N-dealkylation sites (N-methyl/N-ethyl adjacent to an activating group) is 1. The molecular weight excluding hydrogens is 324 g/mol. The Morgan fingerprint density at radius 2 is 2.08 bits per heavy atom. The number of rotatable bonds is 8. The minimum atomic E-state index is -0.125. The molecule has 1 amide bonds. The molecule has 0 spiro atoms. The first-order chi connectivity index (χ1) is 11.6. The zero-order chi connectivity index (χ0) is 17.5. The third-order valence-corrected chi connectivity index (χ3v) is 4.65. The molecule has 1 atom stereocenters. The molecule has 1 aromatic carbocycles. The highest BCUT2D eigenvalue weighted by Crippen LogP contribution is 2.28. The SMILES string of the molecule is CCOc1ccc(C(=O)NCC(c2cccs2)N(C)C)cc1OC. The fraction of sp³-hybridized carbons (Fsp3) is 0.389. The van der Waals surface area contributed by atoms with Crippen molar-refractivity contribution in [1.82, 2.24) is 10.2 Å². The molecule has 6 heteroatoms. The highest BCUT2D eigenvalue weighted by Gasteiger charge is 2.17. The predicted octanol–water partition coefficient (Wildman–Crippen LogP) is 3.19. The van der Waals surface area contributed by atoms with Gasteiger partial charge in [-0.25, -0.2) is 0 Å². The van der Waals surface area contributed by atoms with E-state index in [0.717, 1.165) is 0 Å². The Kier molecular flexibility index (Phi) is 6.63. The first kappa shape index (κ1) is 18.3. The Hall–Kier alpha value is -2.05. The molecule has 5 nitrogen and oxygen atoms in total. The van der Waals surface area contributed by atoms with Crippen molar-refractivity contribution in [3.05, 3.63) is 46.2 Å². The predicted molar refractivity (Wildman–Crippen MR) is 97.2 cm³/mol. The number of methoxy groups -OCH3 is 1. The number of carbonyl (C=O) groups excluding carboxylic acids is 1. The number of ether oxygens (including phenoxy) is 2. The van der Waals surface area contributed by atoms with Crippen molar-refractivity contribution in [2.45, 2.75) is 13.0 Å². The number of benzene rings is 1. The molecule has 0 bridgehead atoms. The van der Waals surface area contributed by atoms with Crippen LogP contribution in [0.3, 0.4) is 0 Å². The van der Waals surface area contributed by atoms with Crippen molar-refractivity contribution in [3.63, 3.8) is 0 Å². The van der Waals surface area contributed by atoms with Crippen molar-refractivity contribution < 1.29 is 14.3 Å². The van der Waals surface area contributed by atoms with Gasteiger partial charge in [0.15, 0.2) is 11.5 Å². The van der Waals surface area contributed by atoms with Crippen LogP contribution in [0.25, 0.3) is 0 Å². The minimum absolute atomic E-state index is 0.125. The first-order valence-electron chi connectivity index (χ1n) is 7.85. The van der Waals surface area contributed by atoms with Crippen LogP contribution in [0.15, 0.2) is 35.7 Å². The lowest BCUT2D eigenvalue weighted by Gasteiger charge is -2.23. The van der Waals surface area contributed by atoms with E-state index in [0.29, 0.717) is 30.2 Å². The van der Waals surface area contributed by atoms with E-state index >= 15 is 0 Å². The number of hydrogen-bond donors (Lipinski definition) is 1. The van der Waals surface area contributed by atoms with Gasteiger partial charge in [-0.1, -0.05) is 6.07 Å². The van der Waals surface area contributed by atoms with Crippen LogP contribution >= 0.6 is 11.3 Å². The smallest absolute Gasteiger partial charge is 0.251 e. The molecule has 0 radical (unpaired) electrons. The quantitative estimate of drug-likeness (QED) is 0.796. The van der Waals surface area contributed by atoms with Crippen LogP contribution < -0.4 is 14.8 Å².